The molecule has 154 valence electrons. The fraction of sp³-hybridized carbons (Fsp3) is 0.333. The van der Waals surface area contributed by atoms with E-state index in [0.717, 1.165) is 0 Å². The monoisotopic (exact) mass is 426 g/mol. The van der Waals surface area contributed by atoms with Crippen molar-refractivity contribution in [2.45, 2.75) is 26.6 Å². The number of anilines is 1. The number of halogens is 3. The van der Waals surface area contributed by atoms with Crippen LogP contribution in [0.15, 0.2) is 24.7 Å². The molecular formula is C18H17F3N4O3S. The van der Waals surface area contributed by atoms with Gasteiger partial charge in [-0.05, 0) is 25.5 Å². The molecule has 0 atom stereocenters. The number of nitrogens with one attached hydrogen (secondary N) is 1. The Morgan fingerprint density at radius 2 is 2.07 bits per heavy atom. The van der Waals surface area contributed by atoms with Gasteiger partial charge in [-0.25, -0.2) is 19.7 Å². The number of pyridine rings is 1. The van der Waals surface area contributed by atoms with E-state index in [9.17, 15) is 18.0 Å². The number of rotatable bonds is 7. The molecule has 0 aromatic carbocycles. The van der Waals surface area contributed by atoms with Gasteiger partial charge < -0.3 is 14.8 Å². The van der Waals surface area contributed by atoms with Gasteiger partial charge in [0, 0.05) is 18.3 Å². The van der Waals surface area contributed by atoms with Gasteiger partial charge in [0.05, 0.1) is 12.0 Å². The summed E-state index contributed by atoms with van der Waals surface area (Å²) in [6.07, 6.45) is -1.76. The number of ether oxygens (including phenoxy) is 2. The van der Waals surface area contributed by atoms with Gasteiger partial charge >= 0.3 is 12.1 Å². The minimum absolute atomic E-state index is 0.114. The summed E-state index contributed by atoms with van der Waals surface area (Å²) in [6, 6.07) is 3.20. The molecule has 0 radical (unpaired) electrons. The smallest absolute Gasteiger partial charge is 0.422 e. The highest BCUT2D eigenvalue weighted by Crippen LogP contribution is 2.34. The number of hydrogen-bond acceptors (Lipinski definition) is 8. The van der Waals surface area contributed by atoms with Gasteiger partial charge in [0.15, 0.2) is 6.61 Å². The maximum atomic E-state index is 12.4. The van der Waals surface area contributed by atoms with Crippen molar-refractivity contribution in [3.8, 4) is 5.88 Å². The number of hydrogen-bond donors (Lipinski definition) is 1. The highest BCUT2D eigenvalue weighted by molar-refractivity contribution is 7.20. The van der Waals surface area contributed by atoms with Gasteiger partial charge in [0.1, 0.15) is 21.9 Å². The Balaban J connectivity index is 1.84. The molecule has 3 aromatic heterocycles. The molecular weight excluding hydrogens is 409 g/mol. The first kappa shape index (κ1) is 20.8. The van der Waals surface area contributed by atoms with Crippen molar-refractivity contribution < 1.29 is 27.4 Å². The Kier molecular flexibility index (Phi) is 6.16. The van der Waals surface area contributed by atoms with E-state index in [-0.39, 0.29) is 19.0 Å². The van der Waals surface area contributed by atoms with Crippen LogP contribution in [-0.4, -0.2) is 40.3 Å². The number of nitrogens with zero attached hydrogens (tertiary/aromatic N) is 3. The summed E-state index contributed by atoms with van der Waals surface area (Å²) in [5, 5.41) is 3.72. The molecule has 0 aliphatic carbocycles. The molecule has 11 heteroatoms. The van der Waals surface area contributed by atoms with Gasteiger partial charge in [0.25, 0.3) is 0 Å². The minimum atomic E-state index is -4.46. The largest absolute Gasteiger partial charge is 0.468 e. The molecule has 3 rings (SSSR count). The van der Waals surface area contributed by atoms with Gasteiger partial charge in [-0.1, -0.05) is 6.07 Å². The van der Waals surface area contributed by atoms with Crippen molar-refractivity contribution in [1.82, 2.24) is 15.0 Å². The summed E-state index contributed by atoms with van der Waals surface area (Å²) in [5.41, 5.74) is 1.10. The third kappa shape index (κ3) is 4.91. The Labute approximate surface area is 167 Å². The fourth-order valence-electron chi connectivity index (χ4n) is 2.61. The van der Waals surface area contributed by atoms with Crippen molar-refractivity contribution in [3.63, 3.8) is 0 Å². The summed E-state index contributed by atoms with van der Waals surface area (Å²) < 4.78 is 47.2. The standard InChI is InChI=1S/C18H17F3N4O3S/c1-3-27-17(26)13-10(2)12-14(24-9-25-16(12)29-13)23-7-11-5-4-6-22-15(11)28-8-18(19,20)21/h4-6,9H,3,7-8H2,1-2H3,(H,23,24,25). The molecule has 0 amide bonds. The number of esters is 1. The number of alkyl halides is 3. The van der Waals surface area contributed by atoms with Gasteiger partial charge in [0.2, 0.25) is 5.88 Å². The van der Waals surface area contributed by atoms with E-state index in [2.05, 4.69) is 20.3 Å². The van der Waals surface area contributed by atoms with Crippen LogP contribution in [0.3, 0.4) is 0 Å². The van der Waals surface area contributed by atoms with E-state index in [4.69, 9.17) is 9.47 Å². The Hall–Kier alpha value is -2.95. The zero-order valence-electron chi connectivity index (χ0n) is 15.5. The molecule has 0 aliphatic rings. The maximum Gasteiger partial charge on any atom is 0.422 e. The summed E-state index contributed by atoms with van der Waals surface area (Å²) in [7, 11) is 0. The molecule has 0 spiro atoms. The van der Waals surface area contributed by atoms with Crippen LogP contribution in [0.2, 0.25) is 0 Å². The van der Waals surface area contributed by atoms with Crippen molar-refractivity contribution in [2.75, 3.05) is 18.5 Å². The van der Waals surface area contributed by atoms with Gasteiger partial charge in [-0.15, -0.1) is 11.3 Å². The van der Waals surface area contributed by atoms with Gasteiger partial charge in [-0.2, -0.15) is 13.2 Å². The zero-order valence-corrected chi connectivity index (χ0v) is 16.4. The first-order chi connectivity index (χ1) is 13.8. The molecule has 0 saturated carbocycles. The van der Waals surface area contributed by atoms with Crippen LogP contribution in [0, 0.1) is 6.92 Å². The van der Waals surface area contributed by atoms with Crippen molar-refractivity contribution >= 4 is 33.3 Å². The molecule has 0 fully saturated rings. The second kappa shape index (κ2) is 8.60. The number of carbonyl (C=O) groups excluding carboxylic acids is 1. The maximum absolute atomic E-state index is 12.4. The molecule has 0 saturated heterocycles. The summed E-state index contributed by atoms with van der Waals surface area (Å²) in [4.78, 5) is 25.4. The van der Waals surface area contributed by atoms with Crippen molar-refractivity contribution in [3.05, 3.63) is 40.7 Å². The second-order valence-electron chi connectivity index (χ2n) is 5.90. The summed E-state index contributed by atoms with van der Waals surface area (Å²) in [5.74, 6) is -0.101. The average molecular weight is 426 g/mol. The topological polar surface area (TPSA) is 86.2 Å². The first-order valence-electron chi connectivity index (χ1n) is 8.58. The van der Waals surface area contributed by atoms with E-state index in [1.165, 1.54) is 23.9 Å². The van der Waals surface area contributed by atoms with Crippen LogP contribution in [0.4, 0.5) is 19.0 Å². The van der Waals surface area contributed by atoms with E-state index in [0.29, 0.717) is 32.0 Å². The first-order valence-corrected chi connectivity index (χ1v) is 9.40. The second-order valence-corrected chi connectivity index (χ2v) is 6.90. The predicted molar refractivity (Wildman–Crippen MR) is 101 cm³/mol. The van der Waals surface area contributed by atoms with Crippen LogP contribution < -0.4 is 10.1 Å². The highest BCUT2D eigenvalue weighted by Gasteiger charge is 2.29. The molecule has 0 bridgehead atoms. The third-order valence-electron chi connectivity index (χ3n) is 3.86. The van der Waals surface area contributed by atoms with Crippen molar-refractivity contribution in [1.29, 1.82) is 0 Å². The van der Waals surface area contributed by atoms with Crippen LogP contribution >= 0.6 is 11.3 Å². The van der Waals surface area contributed by atoms with E-state index in [1.54, 1.807) is 26.0 Å². The Morgan fingerprint density at radius 3 is 2.79 bits per heavy atom. The lowest BCUT2D eigenvalue weighted by atomic mass is 10.2. The number of aryl methyl sites for hydroxylation is 1. The Bertz CT molecular complexity index is 1020. The number of aromatic nitrogens is 3. The minimum Gasteiger partial charge on any atom is -0.468 e. The number of thiophene rings is 1. The summed E-state index contributed by atoms with van der Waals surface area (Å²) in [6.45, 7) is 2.44. The summed E-state index contributed by atoms with van der Waals surface area (Å²) >= 11 is 1.19. The van der Waals surface area contributed by atoms with Crippen LogP contribution in [0.5, 0.6) is 5.88 Å². The molecule has 1 N–H and O–H groups in total. The van der Waals surface area contributed by atoms with E-state index in [1.807, 2.05) is 0 Å². The molecule has 3 heterocycles. The fourth-order valence-corrected chi connectivity index (χ4v) is 3.66. The lowest BCUT2D eigenvalue weighted by Crippen LogP contribution is -2.20. The average Bonchev–Trinajstić information content (AvgIpc) is 3.02. The molecule has 0 unspecified atom stereocenters. The van der Waals surface area contributed by atoms with Crippen LogP contribution in [0.1, 0.15) is 27.7 Å². The zero-order chi connectivity index (χ0) is 21.0. The SMILES string of the molecule is CCOC(=O)c1sc2ncnc(NCc3cccnc3OCC(F)(F)F)c2c1C. The lowest BCUT2D eigenvalue weighted by molar-refractivity contribution is -0.154. The quantitative estimate of drug-likeness (QED) is 0.569. The molecule has 3 aromatic rings. The van der Waals surface area contributed by atoms with Gasteiger partial charge in [-0.3, -0.25) is 0 Å². The highest BCUT2D eigenvalue weighted by atomic mass is 32.1. The molecule has 7 nitrogen and oxygen atoms in total. The number of carbonyl (C=O) groups is 1. The molecule has 29 heavy (non-hydrogen) atoms. The predicted octanol–water partition coefficient (Wildman–Crippen LogP) is 4.12. The number of fused-ring (bicyclic) bond motifs is 1. The van der Waals surface area contributed by atoms with E-state index < -0.39 is 18.8 Å². The lowest BCUT2D eigenvalue weighted by Gasteiger charge is -2.13. The van der Waals surface area contributed by atoms with E-state index >= 15 is 0 Å². The molecule has 0 aliphatic heterocycles. The Morgan fingerprint density at radius 1 is 1.28 bits per heavy atom. The van der Waals surface area contributed by atoms with Crippen LogP contribution in [-0.2, 0) is 11.3 Å². The van der Waals surface area contributed by atoms with Crippen molar-refractivity contribution in [2.24, 2.45) is 0 Å². The third-order valence-corrected chi connectivity index (χ3v) is 5.04. The van der Waals surface area contributed by atoms with Crippen LogP contribution in [0.25, 0.3) is 10.2 Å². The normalized spacial score (nSPS) is 11.5.